The van der Waals surface area contributed by atoms with Crippen molar-refractivity contribution >= 4 is 17.3 Å². The molecule has 1 fully saturated rings. The van der Waals surface area contributed by atoms with Gasteiger partial charge in [-0.3, -0.25) is 0 Å². The predicted molar refractivity (Wildman–Crippen MR) is 93.3 cm³/mol. The molecule has 0 saturated carbocycles. The number of piperidine rings is 1. The standard InChI is InChI=1S/C18H29ClN2/c1-17(2,3)20-13-14-12-15(19)6-7-16(14)21-10-8-18(4,5)9-11-21/h6-7,12,20H,8-11,13H2,1-5H3. The van der Waals surface area contributed by atoms with Gasteiger partial charge in [0.15, 0.2) is 0 Å². The molecule has 2 rings (SSSR count). The number of halogens is 1. The smallest absolute Gasteiger partial charge is 0.0412 e. The fourth-order valence-electron chi connectivity index (χ4n) is 2.72. The molecule has 0 spiro atoms. The Morgan fingerprint density at radius 2 is 1.81 bits per heavy atom. The molecule has 3 heteroatoms. The fourth-order valence-corrected chi connectivity index (χ4v) is 2.91. The maximum atomic E-state index is 6.20. The summed E-state index contributed by atoms with van der Waals surface area (Å²) in [4.78, 5) is 2.52. The first-order chi connectivity index (χ1) is 9.66. The first-order valence-electron chi connectivity index (χ1n) is 7.95. The fraction of sp³-hybridized carbons (Fsp3) is 0.667. The zero-order valence-corrected chi connectivity index (χ0v) is 14.8. The van der Waals surface area contributed by atoms with Crippen LogP contribution < -0.4 is 10.2 Å². The SMILES string of the molecule is CC1(C)CCN(c2ccc(Cl)cc2CNC(C)(C)C)CC1. The van der Waals surface area contributed by atoms with Crippen LogP contribution in [-0.4, -0.2) is 18.6 Å². The van der Waals surface area contributed by atoms with E-state index in [1.807, 2.05) is 6.07 Å². The number of hydrogen-bond acceptors (Lipinski definition) is 2. The third-order valence-electron chi connectivity index (χ3n) is 4.31. The number of nitrogens with one attached hydrogen (secondary N) is 1. The Kier molecular flexibility index (Phi) is 4.89. The number of nitrogens with zero attached hydrogens (tertiary/aromatic N) is 1. The van der Waals surface area contributed by atoms with Crippen molar-refractivity contribution in [1.29, 1.82) is 0 Å². The van der Waals surface area contributed by atoms with Crippen molar-refractivity contribution in [2.75, 3.05) is 18.0 Å². The molecule has 1 N–H and O–H groups in total. The Balaban J connectivity index is 2.15. The molecule has 21 heavy (non-hydrogen) atoms. The van der Waals surface area contributed by atoms with Crippen LogP contribution in [0.3, 0.4) is 0 Å². The molecular formula is C18H29ClN2. The van der Waals surface area contributed by atoms with Crippen molar-refractivity contribution in [3.05, 3.63) is 28.8 Å². The molecule has 0 radical (unpaired) electrons. The summed E-state index contributed by atoms with van der Waals surface area (Å²) in [7, 11) is 0. The van der Waals surface area contributed by atoms with Crippen LogP contribution in [0.25, 0.3) is 0 Å². The van der Waals surface area contributed by atoms with Gasteiger partial charge in [0, 0.05) is 35.9 Å². The summed E-state index contributed by atoms with van der Waals surface area (Å²) in [5, 5.41) is 4.40. The van der Waals surface area contributed by atoms with E-state index < -0.39 is 0 Å². The van der Waals surface area contributed by atoms with E-state index in [0.29, 0.717) is 5.41 Å². The van der Waals surface area contributed by atoms with E-state index in [1.54, 1.807) is 0 Å². The van der Waals surface area contributed by atoms with E-state index in [2.05, 4.69) is 57.0 Å². The maximum Gasteiger partial charge on any atom is 0.0412 e. The van der Waals surface area contributed by atoms with Gasteiger partial charge in [0.1, 0.15) is 0 Å². The number of anilines is 1. The highest BCUT2D eigenvalue weighted by atomic mass is 35.5. The van der Waals surface area contributed by atoms with E-state index in [0.717, 1.165) is 24.7 Å². The third kappa shape index (κ3) is 4.89. The van der Waals surface area contributed by atoms with Crippen LogP contribution in [0.5, 0.6) is 0 Å². The summed E-state index contributed by atoms with van der Waals surface area (Å²) >= 11 is 6.20. The summed E-state index contributed by atoms with van der Waals surface area (Å²) in [6.45, 7) is 14.5. The van der Waals surface area contributed by atoms with Gasteiger partial charge >= 0.3 is 0 Å². The number of hydrogen-bond donors (Lipinski definition) is 1. The lowest BCUT2D eigenvalue weighted by atomic mass is 9.82. The third-order valence-corrected chi connectivity index (χ3v) is 4.54. The largest absolute Gasteiger partial charge is 0.371 e. The normalized spacial score (nSPS) is 18.9. The van der Waals surface area contributed by atoms with E-state index in [-0.39, 0.29) is 5.54 Å². The first kappa shape index (κ1) is 16.6. The second-order valence-electron chi connectivity index (χ2n) is 8.03. The first-order valence-corrected chi connectivity index (χ1v) is 8.33. The van der Waals surface area contributed by atoms with Crippen LogP contribution in [0.4, 0.5) is 5.69 Å². The van der Waals surface area contributed by atoms with E-state index in [1.165, 1.54) is 24.1 Å². The molecule has 1 saturated heterocycles. The monoisotopic (exact) mass is 308 g/mol. The van der Waals surface area contributed by atoms with Gasteiger partial charge in [0.2, 0.25) is 0 Å². The Morgan fingerprint density at radius 3 is 2.38 bits per heavy atom. The molecular weight excluding hydrogens is 280 g/mol. The molecule has 1 aromatic carbocycles. The van der Waals surface area contributed by atoms with Gasteiger partial charge in [-0.1, -0.05) is 25.4 Å². The van der Waals surface area contributed by atoms with Gasteiger partial charge < -0.3 is 10.2 Å². The van der Waals surface area contributed by atoms with Crippen LogP contribution in [0.1, 0.15) is 53.0 Å². The molecule has 118 valence electrons. The van der Waals surface area contributed by atoms with Gasteiger partial charge in [0.25, 0.3) is 0 Å². The Hall–Kier alpha value is -0.730. The van der Waals surface area contributed by atoms with Crippen LogP contribution in [0.15, 0.2) is 18.2 Å². The van der Waals surface area contributed by atoms with Crippen molar-refractivity contribution < 1.29 is 0 Å². The molecule has 0 bridgehead atoms. The Labute approximate surface area is 134 Å². The van der Waals surface area contributed by atoms with Crippen molar-refractivity contribution in [3.8, 4) is 0 Å². The second kappa shape index (κ2) is 6.18. The second-order valence-corrected chi connectivity index (χ2v) is 8.46. The van der Waals surface area contributed by atoms with Crippen molar-refractivity contribution in [3.63, 3.8) is 0 Å². The summed E-state index contributed by atoms with van der Waals surface area (Å²) in [5.74, 6) is 0. The van der Waals surface area contributed by atoms with Crippen molar-refractivity contribution in [2.24, 2.45) is 5.41 Å². The number of benzene rings is 1. The van der Waals surface area contributed by atoms with E-state index in [9.17, 15) is 0 Å². The molecule has 1 aliphatic heterocycles. The van der Waals surface area contributed by atoms with Gasteiger partial charge in [-0.05, 0) is 62.8 Å². The lowest BCUT2D eigenvalue weighted by Crippen LogP contribution is -2.39. The van der Waals surface area contributed by atoms with Crippen LogP contribution >= 0.6 is 11.6 Å². The average Bonchev–Trinajstić information content (AvgIpc) is 2.36. The highest BCUT2D eigenvalue weighted by Crippen LogP contribution is 2.34. The minimum atomic E-state index is 0.115. The number of rotatable bonds is 3. The molecule has 0 aliphatic carbocycles. The summed E-state index contributed by atoms with van der Waals surface area (Å²) in [6.07, 6.45) is 2.50. The quantitative estimate of drug-likeness (QED) is 0.858. The molecule has 1 heterocycles. The molecule has 1 aliphatic rings. The van der Waals surface area contributed by atoms with Crippen molar-refractivity contribution in [1.82, 2.24) is 5.32 Å². The molecule has 0 aromatic heterocycles. The van der Waals surface area contributed by atoms with Gasteiger partial charge in [-0.15, -0.1) is 0 Å². The summed E-state index contributed by atoms with van der Waals surface area (Å²) in [6, 6.07) is 6.30. The highest BCUT2D eigenvalue weighted by molar-refractivity contribution is 6.30. The average molecular weight is 309 g/mol. The van der Waals surface area contributed by atoms with E-state index >= 15 is 0 Å². The molecule has 2 nitrogen and oxygen atoms in total. The maximum absolute atomic E-state index is 6.20. The summed E-state index contributed by atoms with van der Waals surface area (Å²) in [5.41, 5.74) is 3.24. The van der Waals surface area contributed by atoms with Crippen LogP contribution in [0, 0.1) is 5.41 Å². The molecule has 0 atom stereocenters. The summed E-state index contributed by atoms with van der Waals surface area (Å²) < 4.78 is 0. The minimum absolute atomic E-state index is 0.115. The molecule has 1 aromatic rings. The van der Waals surface area contributed by atoms with Crippen LogP contribution in [-0.2, 0) is 6.54 Å². The Morgan fingerprint density at radius 1 is 1.19 bits per heavy atom. The predicted octanol–water partition coefficient (Wildman–Crippen LogP) is 4.85. The van der Waals surface area contributed by atoms with Crippen LogP contribution in [0.2, 0.25) is 5.02 Å². The lowest BCUT2D eigenvalue weighted by molar-refractivity contribution is 0.279. The van der Waals surface area contributed by atoms with E-state index in [4.69, 9.17) is 11.6 Å². The highest BCUT2D eigenvalue weighted by Gasteiger charge is 2.26. The zero-order valence-electron chi connectivity index (χ0n) is 14.1. The zero-order chi connectivity index (χ0) is 15.7. The topological polar surface area (TPSA) is 15.3 Å². The minimum Gasteiger partial charge on any atom is -0.371 e. The lowest BCUT2D eigenvalue weighted by Gasteiger charge is -2.39. The van der Waals surface area contributed by atoms with Crippen molar-refractivity contribution in [2.45, 2.75) is 59.5 Å². The van der Waals surface area contributed by atoms with Gasteiger partial charge in [-0.2, -0.15) is 0 Å². The van der Waals surface area contributed by atoms with Gasteiger partial charge in [-0.25, -0.2) is 0 Å². The Bertz CT molecular complexity index is 478. The molecule has 0 unspecified atom stereocenters. The van der Waals surface area contributed by atoms with Gasteiger partial charge in [0.05, 0.1) is 0 Å². The molecule has 0 amide bonds.